The predicted molar refractivity (Wildman–Crippen MR) is 63.9 cm³/mol. The van der Waals surface area contributed by atoms with Crippen LogP contribution in [0.15, 0.2) is 10.9 Å². The minimum atomic E-state index is -0.580. The predicted octanol–water partition coefficient (Wildman–Crippen LogP) is 1.16. The second-order valence-corrected chi connectivity index (χ2v) is 4.26. The molecule has 1 unspecified atom stereocenters. The maximum atomic E-state index is 11.9. The zero-order chi connectivity index (χ0) is 13.8. The fourth-order valence-electron chi connectivity index (χ4n) is 1.66. The van der Waals surface area contributed by atoms with Crippen LogP contribution in [0.4, 0.5) is 0 Å². The Morgan fingerprint density at radius 2 is 2.32 bits per heavy atom. The summed E-state index contributed by atoms with van der Waals surface area (Å²) >= 11 is 0. The average molecular weight is 265 g/mol. The lowest BCUT2D eigenvalue weighted by Crippen LogP contribution is -2.21. The van der Waals surface area contributed by atoms with Gasteiger partial charge in [0.25, 0.3) is 0 Å². The first-order valence-electron chi connectivity index (χ1n) is 5.99. The van der Waals surface area contributed by atoms with Crippen LogP contribution in [0.3, 0.4) is 0 Å². The number of carbonyl (C=O) groups is 1. The van der Waals surface area contributed by atoms with E-state index in [-0.39, 0.29) is 23.6 Å². The minimum absolute atomic E-state index is 0.0120. The Labute approximate surface area is 109 Å². The second kappa shape index (κ2) is 5.59. The van der Waals surface area contributed by atoms with E-state index in [1.807, 2.05) is 13.8 Å². The second-order valence-electron chi connectivity index (χ2n) is 4.26. The van der Waals surface area contributed by atoms with Crippen LogP contribution in [-0.2, 0) is 9.53 Å². The largest absolute Gasteiger partial charge is 0.465 e. The Morgan fingerprint density at radius 3 is 2.89 bits per heavy atom. The van der Waals surface area contributed by atoms with Gasteiger partial charge in [0.15, 0.2) is 5.82 Å². The maximum absolute atomic E-state index is 11.9. The molecule has 19 heavy (non-hydrogen) atoms. The van der Waals surface area contributed by atoms with Crippen molar-refractivity contribution in [1.29, 1.82) is 0 Å². The van der Waals surface area contributed by atoms with E-state index in [1.165, 1.54) is 6.33 Å². The molecule has 0 aliphatic carbocycles. The molecule has 2 aromatic rings. The SMILES string of the molecule is CCOC(=O)C(c1nc(-c2ncn[nH]2)no1)C(C)C. The molecule has 0 aromatic carbocycles. The number of ether oxygens (including phenoxy) is 1. The molecule has 0 fully saturated rings. The van der Waals surface area contributed by atoms with Crippen LogP contribution in [0.1, 0.15) is 32.6 Å². The Balaban J connectivity index is 2.26. The Hall–Kier alpha value is -2.25. The molecule has 1 N–H and O–H groups in total. The van der Waals surface area contributed by atoms with Gasteiger partial charge >= 0.3 is 5.97 Å². The topological polar surface area (TPSA) is 107 Å². The van der Waals surface area contributed by atoms with Gasteiger partial charge in [-0.15, -0.1) is 0 Å². The van der Waals surface area contributed by atoms with Crippen molar-refractivity contribution < 1.29 is 14.1 Å². The van der Waals surface area contributed by atoms with Crippen molar-refractivity contribution in [2.45, 2.75) is 26.7 Å². The molecular formula is C11H15N5O3. The number of H-pyrrole nitrogens is 1. The summed E-state index contributed by atoms with van der Waals surface area (Å²) in [6.45, 7) is 5.84. The summed E-state index contributed by atoms with van der Waals surface area (Å²) in [6, 6.07) is 0. The molecule has 0 saturated heterocycles. The van der Waals surface area contributed by atoms with Gasteiger partial charge < -0.3 is 9.26 Å². The first kappa shape index (κ1) is 13.2. The molecule has 8 nitrogen and oxygen atoms in total. The van der Waals surface area contributed by atoms with Crippen molar-refractivity contribution in [3.8, 4) is 11.6 Å². The molecule has 0 bridgehead atoms. The molecule has 0 spiro atoms. The third-order valence-corrected chi connectivity index (χ3v) is 2.54. The molecule has 0 saturated carbocycles. The van der Waals surface area contributed by atoms with Crippen LogP contribution in [-0.4, -0.2) is 37.9 Å². The molecule has 2 heterocycles. The normalized spacial score (nSPS) is 12.6. The summed E-state index contributed by atoms with van der Waals surface area (Å²) in [5.41, 5.74) is 0. The van der Waals surface area contributed by atoms with Crippen molar-refractivity contribution in [3.63, 3.8) is 0 Å². The van der Waals surface area contributed by atoms with Gasteiger partial charge in [-0.05, 0) is 12.8 Å². The van der Waals surface area contributed by atoms with Gasteiger partial charge in [-0.3, -0.25) is 9.89 Å². The van der Waals surface area contributed by atoms with Gasteiger partial charge in [0.2, 0.25) is 11.7 Å². The third kappa shape index (κ3) is 2.78. The summed E-state index contributed by atoms with van der Waals surface area (Å²) in [5, 5.41) is 10.1. The first-order valence-corrected chi connectivity index (χ1v) is 5.99. The van der Waals surface area contributed by atoms with E-state index in [0.717, 1.165) is 0 Å². The number of rotatable bonds is 5. The van der Waals surface area contributed by atoms with Crippen LogP contribution >= 0.6 is 0 Å². The van der Waals surface area contributed by atoms with Crippen LogP contribution in [0.25, 0.3) is 11.6 Å². The number of nitrogens with one attached hydrogen (secondary N) is 1. The number of nitrogens with zero attached hydrogens (tertiary/aromatic N) is 4. The molecular weight excluding hydrogens is 250 g/mol. The highest BCUT2D eigenvalue weighted by atomic mass is 16.5. The number of aromatic nitrogens is 5. The van der Waals surface area contributed by atoms with Crippen LogP contribution in [0.5, 0.6) is 0 Å². The van der Waals surface area contributed by atoms with Gasteiger partial charge in [-0.1, -0.05) is 19.0 Å². The molecule has 0 aliphatic rings. The highest BCUT2D eigenvalue weighted by Crippen LogP contribution is 2.25. The van der Waals surface area contributed by atoms with E-state index in [0.29, 0.717) is 12.4 Å². The van der Waals surface area contributed by atoms with E-state index < -0.39 is 5.92 Å². The van der Waals surface area contributed by atoms with Crippen molar-refractivity contribution in [1.82, 2.24) is 25.3 Å². The van der Waals surface area contributed by atoms with Crippen molar-refractivity contribution >= 4 is 5.97 Å². The zero-order valence-electron chi connectivity index (χ0n) is 11.0. The molecule has 102 valence electrons. The van der Waals surface area contributed by atoms with Crippen molar-refractivity contribution in [2.75, 3.05) is 6.61 Å². The minimum Gasteiger partial charge on any atom is -0.465 e. The first-order chi connectivity index (χ1) is 9.13. The lowest BCUT2D eigenvalue weighted by molar-refractivity contribution is -0.146. The van der Waals surface area contributed by atoms with E-state index in [2.05, 4.69) is 25.3 Å². The maximum Gasteiger partial charge on any atom is 0.318 e. The van der Waals surface area contributed by atoms with E-state index >= 15 is 0 Å². The van der Waals surface area contributed by atoms with Gasteiger partial charge in [-0.2, -0.15) is 10.1 Å². The smallest absolute Gasteiger partial charge is 0.318 e. The fraction of sp³-hybridized carbons (Fsp3) is 0.545. The van der Waals surface area contributed by atoms with Crippen molar-refractivity contribution in [2.24, 2.45) is 5.92 Å². The van der Waals surface area contributed by atoms with E-state index in [4.69, 9.17) is 9.26 Å². The average Bonchev–Trinajstić information content (AvgIpc) is 2.98. The van der Waals surface area contributed by atoms with Crippen LogP contribution < -0.4 is 0 Å². The summed E-state index contributed by atoms with van der Waals surface area (Å²) < 4.78 is 10.1. The molecule has 1 atom stereocenters. The highest BCUT2D eigenvalue weighted by molar-refractivity contribution is 5.77. The summed E-state index contributed by atoms with van der Waals surface area (Å²) in [5.74, 6) is -0.0832. The highest BCUT2D eigenvalue weighted by Gasteiger charge is 2.31. The van der Waals surface area contributed by atoms with Crippen LogP contribution in [0.2, 0.25) is 0 Å². The molecule has 8 heteroatoms. The number of carbonyl (C=O) groups excluding carboxylic acids is 1. The lowest BCUT2D eigenvalue weighted by atomic mass is 9.96. The number of esters is 1. The quantitative estimate of drug-likeness (QED) is 0.808. The monoisotopic (exact) mass is 265 g/mol. The zero-order valence-corrected chi connectivity index (χ0v) is 11.0. The summed E-state index contributed by atoms with van der Waals surface area (Å²) in [4.78, 5) is 20.0. The third-order valence-electron chi connectivity index (χ3n) is 2.54. The van der Waals surface area contributed by atoms with E-state index in [1.54, 1.807) is 6.92 Å². The number of hydrogen-bond donors (Lipinski definition) is 1. The van der Waals surface area contributed by atoms with Crippen LogP contribution in [0, 0.1) is 5.92 Å². The van der Waals surface area contributed by atoms with E-state index in [9.17, 15) is 4.79 Å². The number of aromatic amines is 1. The number of hydrogen-bond acceptors (Lipinski definition) is 7. The molecule has 0 radical (unpaired) electrons. The fourth-order valence-corrected chi connectivity index (χ4v) is 1.66. The molecule has 2 rings (SSSR count). The Kier molecular flexibility index (Phi) is 3.88. The molecule has 2 aromatic heterocycles. The van der Waals surface area contributed by atoms with Gasteiger partial charge in [0.1, 0.15) is 12.2 Å². The van der Waals surface area contributed by atoms with Gasteiger partial charge in [0.05, 0.1) is 6.61 Å². The Bertz CT molecular complexity index is 534. The molecule has 0 aliphatic heterocycles. The van der Waals surface area contributed by atoms with Gasteiger partial charge in [-0.25, -0.2) is 4.98 Å². The Morgan fingerprint density at radius 1 is 1.53 bits per heavy atom. The summed E-state index contributed by atoms with van der Waals surface area (Å²) in [7, 11) is 0. The van der Waals surface area contributed by atoms with Gasteiger partial charge in [0, 0.05) is 0 Å². The lowest BCUT2D eigenvalue weighted by Gasteiger charge is -2.14. The summed E-state index contributed by atoms with van der Waals surface area (Å²) in [6.07, 6.45) is 1.34. The standard InChI is InChI=1S/C11H15N5O3/c1-4-18-11(17)7(6(2)3)10-14-9(16-19-10)8-12-5-13-15-8/h5-7H,4H2,1-3H3,(H,12,13,15). The molecule has 0 amide bonds. The van der Waals surface area contributed by atoms with Crippen molar-refractivity contribution in [3.05, 3.63) is 12.2 Å².